The summed E-state index contributed by atoms with van der Waals surface area (Å²) in [6, 6.07) is 8.38. The minimum absolute atomic E-state index is 0.0251. The van der Waals surface area contributed by atoms with E-state index in [9.17, 15) is 0 Å². The monoisotopic (exact) mass is 250 g/mol. The molecule has 1 saturated carbocycles. The molecule has 0 saturated heterocycles. The largest absolute Gasteiger partial charge is 0.487 e. The lowest BCUT2D eigenvalue weighted by Crippen LogP contribution is -2.39. The highest BCUT2D eigenvalue weighted by Crippen LogP contribution is 2.41. The Bertz CT molecular complexity index is 396. The van der Waals surface area contributed by atoms with Gasteiger partial charge >= 0.3 is 0 Å². The Kier molecular flexibility index (Phi) is 3.04. The summed E-state index contributed by atoms with van der Waals surface area (Å²) in [5.74, 6) is 1.07. The van der Waals surface area contributed by atoms with Crippen molar-refractivity contribution in [3.63, 3.8) is 0 Å². The van der Waals surface area contributed by atoms with Crippen LogP contribution in [0.3, 0.4) is 0 Å². The van der Waals surface area contributed by atoms with Crippen molar-refractivity contribution in [3.8, 4) is 5.75 Å². The van der Waals surface area contributed by atoms with Crippen LogP contribution < -0.4 is 4.74 Å². The molecule has 1 aliphatic carbocycles. The van der Waals surface area contributed by atoms with Crippen molar-refractivity contribution in [2.75, 3.05) is 0 Å². The van der Waals surface area contributed by atoms with Gasteiger partial charge in [-0.15, -0.1) is 11.6 Å². The third-order valence-corrected chi connectivity index (χ3v) is 4.41. The number of alkyl halides is 1. The van der Waals surface area contributed by atoms with Crippen LogP contribution in [0.5, 0.6) is 5.75 Å². The summed E-state index contributed by atoms with van der Waals surface area (Å²) in [5, 5.41) is 0.219. The molecule has 1 spiro atoms. The van der Waals surface area contributed by atoms with Gasteiger partial charge in [0.25, 0.3) is 0 Å². The first kappa shape index (κ1) is 11.4. The second-order valence-corrected chi connectivity index (χ2v) is 6.08. The predicted octanol–water partition coefficient (Wildman–Crippen LogP) is 4.32. The van der Waals surface area contributed by atoms with Gasteiger partial charge in [-0.05, 0) is 43.7 Å². The fourth-order valence-electron chi connectivity index (χ4n) is 3.26. The summed E-state index contributed by atoms with van der Waals surface area (Å²) < 4.78 is 6.37. The SMILES string of the molecule is ClC1Cc2ccccc2OC2(CCCCC2)C1. The van der Waals surface area contributed by atoms with Gasteiger partial charge < -0.3 is 4.74 Å². The molecule has 0 bridgehead atoms. The Labute approximate surface area is 108 Å². The third-order valence-electron chi connectivity index (χ3n) is 4.10. The summed E-state index contributed by atoms with van der Waals surface area (Å²) in [7, 11) is 0. The standard InChI is InChI=1S/C15H19ClO/c16-13-10-12-6-2-3-7-14(12)17-15(11-13)8-4-1-5-9-15/h2-3,6-7,13H,1,4-5,8-11H2. The van der Waals surface area contributed by atoms with Crippen LogP contribution in [0.1, 0.15) is 44.1 Å². The minimum atomic E-state index is 0.0251. The zero-order chi connectivity index (χ0) is 11.7. The van der Waals surface area contributed by atoms with Gasteiger partial charge in [-0.2, -0.15) is 0 Å². The second kappa shape index (κ2) is 4.53. The first-order valence-electron chi connectivity index (χ1n) is 6.68. The normalized spacial score (nSPS) is 27.0. The number of fused-ring (bicyclic) bond motifs is 1. The van der Waals surface area contributed by atoms with Gasteiger partial charge in [0.2, 0.25) is 0 Å². The van der Waals surface area contributed by atoms with E-state index in [1.54, 1.807) is 0 Å². The van der Waals surface area contributed by atoms with E-state index in [1.807, 2.05) is 0 Å². The molecule has 1 fully saturated rings. The van der Waals surface area contributed by atoms with Crippen molar-refractivity contribution in [2.45, 2.75) is 55.9 Å². The van der Waals surface area contributed by atoms with Gasteiger partial charge in [0.05, 0.1) is 0 Å². The molecule has 0 amide bonds. The summed E-state index contributed by atoms with van der Waals surface area (Å²) in [6.07, 6.45) is 8.20. The maximum atomic E-state index is 6.49. The van der Waals surface area contributed by atoms with Crippen LogP contribution in [-0.4, -0.2) is 11.0 Å². The first-order chi connectivity index (χ1) is 8.27. The Morgan fingerprint density at radius 3 is 2.71 bits per heavy atom. The van der Waals surface area contributed by atoms with Gasteiger partial charge in [-0.1, -0.05) is 24.6 Å². The molecule has 1 aliphatic heterocycles. The second-order valence-electron chi connectivity index (χ2n) is 5.46. The average Bonchev–Trinajstić information content (AvgIpc) is 2.45. The van der Waals surface area contributed by atoms with Gasteiger partial charge in [0.1, 0.15) is 11.4 Å². The number of hydrogen-bond donors (Lipinski definition) is 0. The van der Waals surface area contributed by atoms with Crippen molar-refractivity contribution in [2.24, 2.45) is 0 Å². The molecule has 2 heteroatoms. The molecule has 1 unspecified atom stereocenters. The average molecular weight is 251 g/mol. The molecule has 3 rings (SSSR count). The van der Waals surface area contributed by atoms with Gasteiger partial charge in [0, 0.05) is 11.8 Å². The fourth-order valence-corrected chi connectivity index (χ4v) is 3.71. The molecule has 1 aromatic rings. The Balaban J connectivity index is 1.93. The molecule has 0 N–H and O–H groups in total. The number of benzene rings is 1. The van der Waals surface area contributed by atoms with E-state index in [0.717, 1.165) is 18.6 Å². The van der Waals surface area contributed by atoms with Crippen molar-refractivity contribution in [3.05, 3.63) is 29.8 Å². The minimum Gasteiger partial charge on any atom is -0.487 e. The summed E-state index contributed by atoms with van der Waals surface area (Å²) >= 11 is 6.49. The van der Waals surface area contributed by atoms with E-state index in [-0.39, 0.29) is 11.0 Å². The molecule has 2 aliphatic rings. The van der Waals surface area contributed by atoms with Crippen LogP contribution in [0.2, 0.25) is 0 Å². The summed E-state index contributed by atoms with van der Waals surface area (Å²) in [4.78, 5) is 0. The van der Waals surface area contributed by atoms with E-state index in [1.165, 1.54) is 37.7 Å². The van der Waals surface area contributed by atoms with E-state index in [2.05, 4.69) is 24.3 Å². The smallest absolute Gasteiger partial charge is 0.123 e. The van der Waals surface area contributed by atoms with Crippen molar-refractivity contribution < 1.29 is 4.74 Å². The Morgan fingerprint density at radius 2 is 1.88 bits per heavy atom. The predicted molar refractivity (Wildman–Crippen MR) is 70.8 cm³/mol. The summed E-state index contributed by atoms with van der Waals surface area (Å²) in [6.45, 7) is 0. The van der Waals surface area contributed by atoms with E-state index < -0.39 is 0 Å². The zero-order valence-electron chi connectivity index (χ0n) is 10.1. The highest BCUT2D eigenvalue weighted by atomic mass is 35.5. The van der Waals surface area contributed by atoms with Gasteiger partial charge in [-0.3, -0.25) is 0 Å². The van der Waals surface area contributed by atoms with Gasteiger partial charge in [0.15, 0.2) is 0 Å². The maximum absolute atomic E-state index is 6.49. The van der Waals surface area contributed by atoms with Crippen LogP contribution in [-0.2, 0) is 6.42 Å². The maximum Gasteiger partial charge on any atom is 0.123 e. The molecule has 17 heavy (non-hydrogen) atoms. The van der Waals surface area contributed by atoms with Crippen LogP contribution in [0.15, 0.2) is 24.3 Å². The van der Waals surface area contributed by atoms with Crippen molar-refractivity contribution >= 4 is 11.6 Å². The Hall–Kier alpha value is -0.690. The number of halogens is 1. The molecular weight excluding hydrogens is 232 g/mol. The first-order valence-corrected chi connectivity index (χ1v) is 7.12. The molecule has 0 radical (unpaired) electrons. The van der Waals surface area contributed by atoms with Gasteiger partial charge in [-0.25, -0.2) is 0 Å². The number of rotatable bonds is 0. The molecule has 92 valence electrons. The number of ether oxygens (including phenoxy) is 1. The van der Waals surface area contributed by atoms with Crippen LogP contribution in [0, 0.1) is 0 Å². The molecular formula is C15H19ClO. The lowest BCUT2D eigenvalue weighted by molar-refractivity contribution is 0.0257. The fraction of sp³-hybridized carbons (Fsp3) is 0.600. The highest BCUT2D eigenvalue weighted by Gasteiger charge is 2.38. The topological polar surface area (TPSA) is 9.23 Å². The van der Waals surface area contributed by atoms with E-state index in [0.29, 0.717) is 0 Å². The zero-order valence-corrected chi connectivity index (χ0v) is 10.9. The Morgan fingerprint density at radius 1 is 1.12 bits per heavy atom. The third kappa shape index (κ3) is 2.30. The lowest BCUT2D eigenvalue weighted by Gasteiger charge is -2.37. The quantitative estimate of drug-likeness (QED) is 0.623. The van der Waals surface area contributed by atoms with Crippen molar-refractivity contribution in [1.29, 1.82) is 0 Å². The van der Waals surface area contributed by atoms with Crippen molar-refractivity contribution in [1.82, 2.24) is 0 Å². The molecule has 1 aromatic carbocycles. The van der Waals surface area contributed by atoms with Crippen LogP contribution >= 0.6 is 11.6 Å². The van der Waals surface area contributed by atoms with E-state index in [4.69, 9.17) is 16.3 Å². The highest BCUT2D eigenvalue weighted by molar-refractivity contribution is 6.20. The summed E-state index contributed by atoms with van der Waals surface area (Å²) in [5.41, 5.74) is 1.30. The van der Waals surface area contributed by atoms with Crippen LogP contribution in [0.4, 0.5) is 0 Å². The molecule has 1 heterocycles. The molecule has 0 aromatic heterocycles. The number of hydrogen-bond acceptors (Lipinski definition) is 1. The van der Waals surface area contributed by atoms with Crippen LogP contribution in [0.25, 0.3) is 0 Å². The molecule has 1 nitrogen and oxygen atoms in total. The lowest BCUT2D eigenvalue weighted by atomic mass is 9.81. The molecule has 1 atom stereocenters. The number of para-hydroxylation sites is 1. The van der Waals surface area contributed by atoms with E-state index >= 15 is 0 Å².